The van der Waals surface area contributed by atoms with Crippen LogP contribution in [0.2, 0.25) is 0 Å². The van der Waals surface area contributed by atoms with Gasteiger partial charge in [0.2, 0.25) is 5.95 Å². The van der Waals surface area contributed by atoms with Crippen LogP contribution in [-0.4, -0.2) is 19.5 Å². The van der Waals surface area contributed by atoms with E-state index >= 15 is 0 Å². The van der Waals surface area contributed by atoms with Gasteiger partial charge in [0.1, 0.15) is 0 Å². The fraction of sp³-hybridized carbons (Fsp3) is 0.0213. The lowest BCUT2D eigenvalue weighted by Crippen LogP contribution is -2.06. The molecule has 1 aliphatic carbocycles. The van der Waals surface area contributed by atoms with Crippen molar-refractivity contribution < 1.29 is 21.9 Å². The average Bonchev–Trinajstić information content (AvgIpc) is 3.87. The SMILES string of the molecule is [2H]c1c([2H])c(-c2c([2H])c([2H])c(-c3nc(-c4ccccc4)nc(-n4c5c([2H])c([2H])c([2H])c([2H])c5c5c([2H])c([2H])c([2H])c([2H])c54)n3)c([2H])c2[2H])c([2H])c(C2c3ccccc3-c3ccc(C#N)cc32)c1[2H]. The van der Waals surface area contributed by atoms with Crippen molar-refractivity contribution in [2.45, 2.75) is 5.92 Å². The van der Waals surface area contributed by atoms with Gasteiger partial charge in [0.15, 0.2) is 11.6 Å². The molecular weight excluding hydrogens is 635 g/mol. The second-order valence-corrected chi connectivity index (χ2v) is 11.9. The van der Waals surface area contributed by atoms with Gasteiger partial charge in [-0.2, -0.15) is 15.2 Å². The van der Waals surface area contributed by atoms with Gasteiger partial charge in [-0.05, 0) is 63.2 Å². The number of aromatic nitrogens is 4. The summed E-state index contributed by atoms with van der Waals surface area (Å²) in [6.45, 7) is 0. The minimum Gasteiger partial charge on any atom is -0.278 e. The zero-order valence-corrected chi connectivity index (χ0v) is 26.7. The Morgan fingerprint density at radius 3 is 1.96 bits per heavy atom. The van der Waals surface area contributed by atoms with Crippen LogP contribution in [0, 0.1) is 11.3 Å². The van der Waals surface area contributed by atoms with Gasteiger partial charge in [-0.3, -0.25) is 4.57 Å². The van der Waals surface area contributed by atoms with Gasteiger partial charge in [-0.15, -0.1) is 0 Å². The molecule has 0 radical (unpaired) electrons. The maximum Gasteiger partial charge on any atom is 0.238 e. The number of hydrogen-bond acceptors (Lipinski definition) is 4. The minimum absolute atomic E-state index is 0.0417. The van der Waals surface area contributed by atoms with E-state index in [1.54, 1.807) is 60.7 Å². The maximum absolute atomic E-state index is 9.82. The molecule has 0 spiro atoms. The molecule has 10 rings (SSSR count). The van der Waals surface area contributed by atoms with Crippen LogP contribution in [0.15, 0.2) is 169 Å². The number of nitrogens with zero attached hydrogens (tertiary/aromatic N) is 5. The summed E-state index contributed by atoms with van der Waals surface area (Å²) >= 11 is 0. The first-order valence-electron chi connectivity index (χ1n) is 24.1. The molecule has 0 fully saturated rings. The van der Waals surface area contributed by atoms with Crippen LogP contribution in [0.4, 0.5) is 0 Å². The highest BCUT2D eigenvalue weighted by atomic mass is 15.2. The van der Waals surface area contributed by atoms with Crippen LogP contribution in [0.25, 0.3) is 72.8 Å². The molecule has 9 aromatic rings. The third kappa shape index (κ3) is 4.81. The predicted molar refractivity (Wildman–Crippen MR) is 208 cm³/mol. The van der Waals surface area contributed by atoms with E-state index in [0.717, 1.165) is 15.7 Å². The van der Waals surface area contributed by atoms with Gasteiger partial charge in [0.25, 0.3) is 0 Å². The van der Waals surface area contributed by atoms with Crippen LogP contribution in [-0.2, 0) is 0 Å². The summed E-state index contributed by atoms with van der Waals surface area (Å²) in [6, 6.07) is 12.2. The fourth-order valence-corrected chi connectivity index (χ4v) is 6.68. The average molecular weight is 680 g/mol. The highest BCUT2D eigenvalue weighted by Crippen LogP contribution is 2.48. The number of fused-ring (bicyclic) bond motifs is 6. The lowest BCUT2D eigenvalue weighted by atomic mass is 9.87. The molecule has 7 aromatic carbocycles. The van der Waals surface area contributed by atoms with Crippen molar-refractivity contribution in [1.82, 2.24) is 19.5 Å². The molecule has 0 saturated carbocycles. The van der Waals surface area contributed by atoms with Crippen molar-refractivity contribution in [3.8, 4) is 57.0 Å². The summed E-state index contributed by atoms with van der Waals surface area (Å²) < 4.78 is 145. The molecule has 1 unspecified atom stereocenters. The van der Waals surface area contributed by atoms with Crippen molar-refractivity contribution in [2.24, 2.45) is 0 Å². The second-order valence-electron chi connectivity index (χ2n) is 11.9. The first-order valence-corrected chi connectivity index (χ1v) is 16.1. The van der Waals surface area contributed by atoms with Gasteiger partial charge < -0.3 is 0 Å². The zero-order valence-electron chi connectivity index (χ0n) is 42.7. The summed E-state index contributed by atoms with van der Waals surface area (Å²) in [5.41, 5.74) is 1.24. The molecule has 5 nitrogen and oxygen atoms in total. The number of hydrogen-bond donors (Lipinski definition) is 0. The fourth-order valence-electron chi connectivity index (χ4n) is 6.68. The highest BCUT2D eigenvalue weighted by molar-refractivity contribution is 6.09. The Labute approximate surface area is 323 Å². The lowest BCUT2D eigenvalue weighted by molar-refractivity contribution is 0.953. The Kier molecular flexibility index (Phi) is 4.08. The van der Waals surface area contributed by atoms with Crippen molar-refractivity contribution in [2.75, 3.05) is 0 Å². The molecule has 1 atom stereocenters. The maximum atomic E-state index is 9.82. The first-order chi connectivity index (χ1) is 32.4. The Morgan fingerprint density at radius 1 is 0.558 bits per heavy atom. The molecule has 0 aliphatic heterocycles. The van der Waals surface area contributed by atoms with Crippen LogP contribution in [0.1, 0.15) is 50.1 Å². The topological polar surface area (TPSA) is 67.4 Å². The normalized spacial score (nSPS) is 17.5. The third-order valence-electron chi connectivity index (χ3n) is 8.97. The highest BCUT2D eigenvalue weighted by Gasteiger charge is 2.30. The molecule has 5 heteroatoms. The van der Waals surface area contributed by atoms with Gasteiger partial charge in [-0.25, -0.2) is 4.98 Å². The van der Waals surface area contributed by atoms with Crippen molar-refractivity contribution in [3.05, 3.63) is 192 Å². The van der Waals surface area contributed by atoms with E-state index in [9.17, 15) is 12.1 Å². The summed E-state index contributed by atoms with van der Waals surface area (Å²) in [6.07, 6.45) is 0. The van der Waals surface area contributed by atoms with E-state index in [4.69, 9.17) is 15.1 Å². The van der Waals surface area contributed by atoms with Gasteiger partial charge in [-0.1, -0.05) is 145 Å². The summed E-state index contributed by atoms with van der Waals surface area (Å²) in [5, 5.41) is 9.31. The van der Waals surface area contributed by atoms with Crippen LogP contribution >= 0.6 is 0 Å². The Morgan fingerprint density at radius 2 is 1.21 bits per heavy atom. The summed E-state index contributed by atoms with van der Waals surface area (Å²) in [7, 11) is 0. The number of benzene rings is 7. The van der Waals surface area contributed by atoms with E-state index in [-0.39, 0.29) is 33.2 Å². The molecule has 2 aromatic heterocycles. The summed E-state index contributed by atoms with van der Waals surface area (Å²) in [5.74, 6) is -1.95. The number of rotatable bonds is 5. The number of para-hydroxylation sites is 2. The molecule has 52 heavy (non-hydrogen) atoms. The molecule has 2 heterocycles. The van der Waals surface area contributed by atoms with E-state index < -0.39 is 131 Å². The van der Waals surface area contributed by atoms with E-state index in [1.165, 1.54) is 0 Å². The Balaban J connectivity index is 1.26. The molecule has 0 bridgehead atoms. The van der Waals surface area contributed by atoms with Crippen LogP contribution < -0.4 is 0 Å². The predicted octanol–water partition coefficient (Wildman–Crippen LogP) is 11.0. The van der Waals surface area contributed by atoms with E-state index in [0.29, 0.717) is 22.3 Å². The molecule has 0 N–H and O–H groups in total. The number of nitriles is 1. The Bertz CT molecular complexity index is 3690. The van der Waals surface area contributed by atoms with Gasteiger partial charge in [0.05, 0.1) is 44.6 Å². The smallest absolute Gasteiger partial charge is 0.238 e. The molecule has 1 aliphatic rings. The monoisotopic (exact) mass is 679 g/mol. The van der Waals surface area contributed by atoms with Crippen LogP contribution in [0.5, 0.6) is 0 Å². The van der Waals surface area contributed by atoms with Crippen molar-refractivity contribution in [1.29, 1.82) is 5.26 Å². The Hall–Kier alpha value is -7.16. The minimum atomic E-state index is -0.879. The standard InChI is InChI=1S/C47H29N5/c48-29-30-21-26-37-36-15-4-5-18-40(36)44(41(37)27-30)35-14-10-13-34(28-35)31-22-24-33(25-23-31)46-49-45(32-11-2-1-3-12-32)50-47(51-46)52-42-19-8-6-16-38(42)39-17-7-9-20-43(39)52/h1-28,44H/i6D,7D,8D,9D,10D,13D,14D,16D,17D,19D,20D,22D,23D,24D,25D,28D. The largest absolute Gasteiger partial charge is 0.278 e. The van der Waals surface area contributed by atoms with E-state index in [1.807, 2.05) is 12.1 Å². The quantitative estimate of drug-likeness (QED) is 0.182. The van der Waals surface area contributed by atoms with E-state index in [2.05, 4.69) is 21.0 Å². The zero-order chi connectivity index (χ0) is 48.5. The molecule has 242 valence electrons. The first kappa shape index (κ1) is 17.7. The molecule has 0 amide bonds. The third-order valence-corrected chi connectivity index (χ3v) is 8.97. The van der Waals surface area contributed by atoms with Gasteiger partial charge >= 0.3 is 0 Å². The van der Waals surface area contributed by atoms with Crippen LogP contribution in [0.3, 0.4) is 0 Å². The van der Waals surface area contributed by atoms with Crippen molar-refractivity contribution in [3.63, 3.8) is 0 Å². The van der Waals surface area contributed by atoms with Crippen molar-refractivity contribution >= 4 is 21.8 Å². The lowest BCUT2D eigenvalue weighted by Gasteiger charge is -2.16. The second kappa shape index (κ2) is 12.0. The molecular formula is C47H29N5. The van der Waals surface area contributed by atoms with Gasteiger partial charge in [0, 0.05) is 27.8 Å². The summed E-state index contributed by atoms with van der Waals surface area (Å²) in [4.78, 5) is 13.8. The molecule has 0 saturated heterocycles.